The first kappa shape index (κ1) is 9.90. The molecule has 1 aliphatic carbocycles. The third kappa shape index (κ3) is 2.43. The van der Waals surface area contributed by atoms with Gasteiger partial charge in [-0.3, -0.25) is 9.48 Å². The molecule has 0 aromatic carbocycles. The van der Waals surface area contributed by atoms with E-state index in [9.17, 15) is 4.79 Å². The molecule has 2 rings (SSSR count). The molecule has 78 valence electrons. The second-order valence-electron chi connectivity index (χ2n) is 3.86. The number of aromatic nitrogens is 2. The molecular weight excluding hydrogens is 188 g/mol. The minimum absolute atomic E-state index is 0.493. The lowest BCUT2D eigenvalue weighted by molar-refractivity contribution is 0.111. The molecule has 0 bridgehead atoms. The summed E-state index contributed by atoms with van der Waals surface area (Å²) in [7, 11) is 0. The van der Waals surface area contributed by atoms with Crippen LogP contribution >= 0.6 is 0 Å². The van der Waals surface area contributed by atoms with Crippen LogP contribution in [0.1, 0.15) is 30.3 Å². The van der Waals surface area contributed by atoms with Crippen molar-refractivity contribution in [3.8, 4) is 0 Å². The van der Waals surface area contributed by atoms with Crippen molar-refractivity contribution in [3.05, 3.63) is 41.3 Å². The van der Waals surface area contributed by atoms with Gasteiger partial charge in [0.1, 0.15) is 5.69 Å². The maximum atomic E-state index is 10.5. The number of carbonyl (C=O) groups excluding carboxylic acids is 1. The van der Waals surface area contributed by atoms with E-state index in [1.54, 1.807) is 10.7 Å². The molecule has 0 N–H and O–H groups in total. The zero-order chi connectivity index (χ0) is 10.7. The van der Waals surface area contributed by atoms with E-state index in [2.05, 4.69) is 24.2 Å². The van der Waals surface area contributed by atoms with E-state index in [0.29, 0.717) is 5.69 Å². The van der Waals surface area contributed by atoms with Crippen LogP contribution in [-0.2, 0) is 6.54 Å². The van der Waals surface area contributed by atoms with E-state index in [0.717, 1.165) is 25.7 Å². The maximum Gasteiger partial charge on any atom is 0.170 e. The second-order valence-corrected chi connectivity index (χ2v) is 3.86. The van der Waals surface area contributed by atoms with Gasteiger partial charge in [-0.15, -0.1) is 0 Å². The molecule has 3 nitrogen and oxygen atoms in total. The van der Waals surface area contributed by atoms with E-state index in [1.165, 1.54) is 11.1 Å². The largest absolute Gasteiger partial charge is 0.296 e. The first-order valence-corrected chi connectivity index (χ1v) is 5.13. The van der Waals surface area contributed by atoms with Gasteiger partial charge in [0, 0.05) is 6.20 Å². The van der Waals surface area contributed by atoms with E-state index < -0.39 is 0 Å². The van der Waals surface area contributed by atoms with E-state index in [-0.39, 0.29) is 0 Å². The van der Waals surface area contributed by atoms with Gasteiger partial charge < -0.3 is 0 Å². The van der Waals surface area contributed by atoms with Gasteiger partial charge in [-0.1, -0.05) is 17.7 Å². The Morgan fingerprint density at radius 3 is 3.13 bits per heavy atom. The van der Waals surface area contributed by atoms with E-state index in [4.69, 9.17) is 0 Å². The first-order valence-electron chi connectivity index (χ1n) is 5.13. The van der Waals surface area contributed by atoms with Gasteiger partial charge in [-0.25, -0.2) is 0 Å². The molecule has 0 saturated carbocycles. The lowest BCUT2D eigenvalue weighted by Gasteiger charge is -2.10. The van der Waals surface area contributed by atoms with Crippen molar-refractivity contribution in [1.29, 1.82) is 0 Å². The predicted molar refractivity (Wildman–Crippen MR) is 58.7 cm³/mol. The third-order valence-electron chi connectivity index (χ3n) is 2.50. The lowest BCUT2D eigenvalue weighted by atomic mass is 10.0. The molecule has 0 spiro atoms. The molecule has 15 heavy (non-hydrogen) atoms. The minimum atomic E-state index is 0.493. The van der Waals surface area contributed by atoms with Crippen LogP contribution in [0, 0.1) is 0 Å². The molecule has 1 aromatic rings. The summed E-state index contributed by atoms with van der Waals surface area (Å²) in [4.78, 5) is 10.5. The van der Waals surface area contributed by atoms with Gasteiger partial charge in [0.05, 0.1) is 6.54 Å². The monoisotopic (exact) mass is 202 g/mol. The molecule has 0 saturated heterocycles. The Bertz CT molecular complexity index is 427. The van der Waals surface area contributed by atoms with Crippen molar-refractivity contribution in [2.45, 2.75) is 26.3 Å². The van der Waals surface area contributed by atoms with Gasteiger partial charge in [0.15, 0.2) is 6.29 Å². The molecule has 0 atom stereocenters. The normalized spacial score (nSPS) is 15.8. The van der Waals surface area contributed by atoms with Crippen LogP contribution in [0.2, 0.25) is 0 Å². The number of rotatable bonds is 3. The van der Waals surface area contributed by atoms with Crippen LogP contribution in [0.5, 0.6) is 0 Å². The summed E-state index contributed by atoms with van der Waals surface area (Å²) < 4.78 is 1.80. The summed E-state index contributed by atoms with van der Waals surface area (Å²) in [6, 6.07) is 1.73. The first-order chi connectivity index (χ1) is 7.28. The molecule has 0 fully saturated rings. The zero-order valence-electron chi connectivity index (χ0n) is 8.81. The highest BCUT2D eigenvalue weighted by atomic mass is 16.1. The van der Waals surface area contributed by atoms with Crippen molar-refractivity contribution in [1.82, 2.24) is 9.78 Å². The molecule has 1 aromatic heterocycles. The maximum absolute atomic E-state index is 10.5. The predicted octanol–water partition coefficient (Wildman–Crippen LogP) is 2.36. The second kappa shape index (κ2) is 4.26. The number of hydrogen-bond acceptors (Lipinski definition) is 2. The van der Waals surface area contributed by atoms with Crippen molar-refractivity contribution in [2.24, 2.45) is 0 Å². The number of hydrogen-bond donors (Lipinski definition) is 0. The third-order valence-corrected chi connectivity index (χ3v) is 2.50. The Morgan fingerprint density at radius 1 is 1.60 bits per heavy atom. The number of aldehydes is 1. The fraction of sp³-hybridized carbons (Fsp3) is 0.333. The number of carbonyl (C=O) groups is 1. The average Bonchev–Trinajstić information content (AvgIpc) is 2.65. The van der Waals surface area contributed by atoms with Crippen molar-refractivity contribution in [3.63, 3.8) is 0 Å². The molecule has 0 unspecified atom stereocenters. The Morgan fingerprint density at radius 2 is 2.47 bits per heavy atom. The van der Waals surface area contributed by atoms with Crippen molar-refractivity contribution < 1.29 is 4.79 Å². The summed E-state index contributed by atoms with van der Waals surface area (Å²) in [5.74, 6) is 0. The van der Waals surface area contributed by atoms with Crippen LogP contribution in [0.25, 0.3) is 0 Å². The number of nitrogens with zero attached hydrogens (tertiary/aromatic N) is 2. The van der Waals surface area contributed by atoms with Crippen LogP contribution in [0.3, 0.4) is 0 Å². The van der Waals surface area contributed by atoms with Gasteiger partial charge in [0.25, 0.3) is 0 Å². The highest BCUT2D eigenvalue weighted by molar-refractivity contribution is 5.71. The van der Waals surface area contributed by atoms with Gasteiger partial charge in [0.2, 0.25) is 0 Å². The quantitative estimate of drug-likeness (QED) is 0.705. The highest BCUT2D eigenvalue weighted by Crippen LogP contribution is 2.17. The molecule has 1 heterocycles. The smallest absolute Gasteiger partial charge is 0.170 e. The molecule has 0 radical (unpaired) electrons. The zero-order valence-corrected chi connectivity index (χ0v) is 8.81. The molecule has 3 heteroatoms. The Labute approximate surface area is 89.1 Å². The van der Waals surface area contributed by atoms with Crippen LogP contribution < -0.4 is 0 Å². The minimum Gasteiger partial charge on any atom is -0.296 e. The molecule has 1 aliphatic rings. The van der Waals surface area contributed by atoms with Gasteiger partial charge in [-0.2, -0.15) is 5.10 Å². The van der Waals surface area contributed by atoms with E-state index >= 15 is 0 Å². The molecule has 0 amide bonds. The number of allylic oxidation sites excluding steroid dienone is 4. The summed E-state index contributed by atoms with van der Waals surface area (Å²) in [6.07, 6.45) is 9.30. The Kier molecular flexibility index (Phi) is 2.81. The standard InChI is InChI=1S/C12H14N2O/c1-10-3-2-4-11(7-10)8-14-6-5-12(9-15)13-14/h4-7,9H,2-3,8H2,1H3. The van der Waals surface area contributed by atoms with Crippen molar-refractivity contribution >= 4 is 6.29 Å². The van der Waals surface area contributed by atoms with Crippen LogP contribution in [-0.4, -0.2) is 16.1 Å². The molecule has 0 aliphatic heterocycles. The molecular formula is C12H14N2O. The van der Waals surface area contributed by atoms with Crippen molar-refractivity contribution in [2.75, 3.05) is 0 Å². The SMILES string of the molecule is CC1=CC(Cn2ccc(C=O)n2)=CCC1. The van der Waals surface area contributed by atoms with Gasteiger partial charge >= 0.3 is 0 Å². The fourth-order valence-electron chi connectivity index (χ4n) is 1.76. The Hall–Kier alpha value is -1.64. The average molecular weight is 202 g/mol. The fourth-order valence-corrected chi connectivity index (χ4v) is 1.76. The van der Waals surface area contributed by atoms with Crippen LogP contribution in [0.15, 0.2) is 35.6 Å². The lowest BCUT2D eigenvalue weighted by Crippen LogP contribution is -2.03. The Balaban J connectivity index is 2.08. The highest BCUT2D eigenvalue weighted by Gasteiger charge is 2.03. The van der Waals surface area contributed by atoms with Crippen LogP contribution in [0.4, 0.5) is 0 Å². The van der Waals surface area contributed by atoms with E-state index in [1.807, 2.05) is 6.20 Å². The summed E-state index contributed by atoms with van der Waals surface area (Å²) in [6.45, 7) is 2.90. The summed E-state index contributed by atoms with van der Waals surface area (Å²) in [5, 5.41) is 4.13. The summed E-state index contributed by atoms with van der Waals surface area (Å²) in [5.41, 5.74) is 3.18. The summed E-state index contributed by atoms with van der Waals surface area (Å²) >= 11 is 0. The van der Waals surface area contributed by atoms with Gasteiger partial charge in [-0.05, 0) is 31.4 Å². The topological polar surface area (TPSA) is 34.9 Å².